The highest BCUT2D eigenvalue weighted by Gasteiger charge is 2.13. The van der Waals surface area contributed by atoms with Crippen molar-refractivity contribution < 1.29 is 14.3 Å². The van der Waals surface area contributed by atoms with Gasteiger partial charge in [0, 0.05) is 25.5 Å². The molecule has 0 rings (SSSR count). The molecule has 0 heterocycles. The number of carbonyl (C=O) groups excluding carboxylic acids is 2. The lowest BCUT2D eigenvalue weighted by molar-refractivity contribution is -0.132. The zero-order valence-electron chi connectivity index (χ0n) is 10.1. The van der Waals surface area contributed by atoms with E-state index in [0.29, 0.717) is 0 Å². The largest absolute Gasteiger partial charge is 0.464 e. The Bertz CT molecular complexity index is 437. The van der Waals surface area contributed by atoms with Gasteiger partial charge >= 0.3 is 5.97 Å². The van der Waals surface area contributed by atoms with Crippen LogP contribution in [0.5, 0.6) is 0 Å². The van der Waals surface area contributed by atoms with Gasteiger partial charge in [0.15, 0.2) is 5.71 Å². The highest BCUT2D eigenvalue weighted by molar-refractivity contribution is 6.42. The molecule has 0 aromatic heterocycles. The number of methoxy groups -OCH3 is 1. The second-order valence-corrected chi connectivity index (χ2v) is 2.96. The number of hydrogen-bond acceptors (Lipinski definition) is 7. The molecule has 0 radical (unpaired) electrons. The molecule has 6 N–H and O–H groups in total. The van der Waals surface area contributed by atoms with Crippen LogP contribution in [-0.2, 0) is 14.3 Å². The summed E-state index contributed by atoms with van der Waals surface area (Å²) in [6, 6.07) is 0. The topological polar surface area (TPSA) is 144 Å². The van der Waals surface area contributed by atoms with Crippen molar-refractivity contribution in [2.45, 2.75) is 0 Å². The van der Waals surface area contributed by atoms with E-state index < -0.39 is 17.6 Å². The van der Waals surface area contributed by atoms with Gasteiger partial charge in [-0.25, -0.2) is 4.79 Å². The fourth-order valence-corrected chi connectivity index (χ4v) is 0.868. The number of nitrogens with zero attached hydrogens (tertiary/aromatic N) is 1. The molecule has 0 aromatic rings. The predicted octanol–water partition coefficient (Wildman–Crippen LogP) is -1.36. The maximum atomic E-state index is 11.4. The molecule has 0 unspecified atom stereocenters. The molecule has 0 bridgehead atoms. The first-order chi connectivity index (χ1) is 8.46. The Labute approximate surface area is 104 Å². The Morgan fingerprint density at radius 2 is 2.06 bits per heavy atom. The second-order valence-electron chi connectivity index (χ2n) is 2.96. The monoisotopic (exact) mass is 253 g/mol. The van der Waals surface area contributed by atoms with Gasteiger partial charge < -0.3 is 21.5 Å². The molecule has 98 valence electrons. The van der Waals surface area contributed by atoms with E-state index in [2.05, 4.69) is 15.0 Å². The van der Waals surface area contributed by atoms with Crippen molar-refractivity contribution in [2.24, 2.45) is 16.5 Å². The number of nitrogens with two attached hydrogens (primary N) is 2. The normalized spacial score (nSPS) is 12.3. The lowest BCUT2D eigenvalue weighted by Crippen LogP contribution is -2.27. The Hall–Kier alpha value is -2.64. The van der Waals surface area contributed by atoms with Gasteiger partial charge in [0.1, 0.15) is 0 Å². The zero-order chi connectivity index (χ0) is 14.1. The van der Waals surface area contributed by atoms with Gasteiger partial charge in [-0.3, -0.25) is 15.2 Å². The van der Waals surface area contributed by atoms with E-state index in [1.165, 1.54) is 13.3 Å². The minimum Gasteiger partial charge on any atom is -0.464 e. The number of rotatable bonds is 5. The number of nitrogens with one attached hydrogen (secondary N) is 2. The van der Waals surface area contributed by atoms with Crippen molar-refractivity contribution in [1.82, 2.24) is 5.32 Å². The molecule has 0 aromatic carbocycles. The van der Waals surface area contributed by atoms with Crippen LogP contribution in [0.15, 0.2) is 28.7 Å². The molecule has 0 saturated carbocycles. The summed E-state index contributed by atoms with van der Waals surface area (Å²) < 4.78 is 4.29. The molecule has 18 heavy (non-hydrogen) atoms. The van der Waals surface area contributed by atoms with Crippen molar-refractivity contribution in [3.8, 4) is 0 Å². The summed E-state index contributed by atoms with van der Waals surface area (Å²) in [4.78, 5) is 26.1. The number of hydrogen-bond donors (Lipinski definition) is 4. The number of ether oxygens (including phenoxy) is 1. The first-order valence-corrected chi connectivity index (χ1v) is 4.75. The molecule has 0 aliphatic heterocycles. The van der Waals surface area contributed by atoms with Crippen molar-refractivity contribution in [3.63, 3.8) is 0 Å². The molecule has 0 aliphatic carbocycles. The Balaban J connectivity index is 4.73. The van der Waals surface area contributed by atoms with Gasteiger partial charge in [-0.1, -0.05) is 0 Å². The quantitative estimate of drug-likeness (QED) is 0.272. The van der Waals surface area contributed by atoms with Crippen molar-refractivity contribution in [1.29, 1.82) is 5.41 Å². The predicted molar refractivity (Wildman–Crippen MR) is 66.8 cm³/mol. The van der Waals surface area contributed by atoms with E-state index in [1.54, 1.807) is 0 Å². The van der Waals surface area contributed by atoms with Crippen molar-refractivity contribution in [3.05, 3.63) is 23.7 Å². The fourth-order valence-electron chi connectivity index (χ4n) is 0.868. The summed E-state index contributed by atoms with van der Waals surface area (Å²) in [5, 5.41) is 9.64. The molecule has 0 saturated heterocycles. The summed E-state index contributed by atoms with van der Waals surface area (Å²) in [7, 11) is 2.62. The van der Waals surface area contributed by atoms with Gasteiger partial charge in [-0.05, 0) is 0 Å². The summed E-state index contributed by atoms with van der Waals surface area (Å²) >= 11 is 0. The minimum absolute atomic E-state index is 0.260. The second kappa shape index (κ2) is 7.60. The van der Waals surface area contributed by atoms with E-state index in [-0.39, 0.29) is 11.4 Å². The van der Waals surface area contributed by atoms with Gasteiger partial charge in [0.2, 0.25) is 0 Å². The van der Waals surface area contributed by atoms with Gasteiger partial charge in [-0.2, -0.15) is 0 Å². The standard InChI is InChI=1S/C10H15N5O3/c1-14-5-6(4-11)15-8(16)3-7(12)9(13)10(17)18-2/h3-5,13H,11-12H2,1-2H3,(H,15,16)/b6-4?,7-3+,13-9?,14-5?. The Kier molecular flexibility index (Phi) is 6.49. The lowest BCUT2D eigenvalue weighted by Gasteiger charge is -2.03. The number of aliphatic imine (C=N–C) groups is 1. The first kappa shape index (κ1) is 15.4. The third-order valence-corrected chi connectivity index (χ3v) is 1.68. The summed E-state index contributed by atoms with van der Waals surface area (Å²) in [6.45, 7) is 0. The molecule has 0 fully saturated rings. The molecule has 0 spiro atoms. The number of carbonyl (C=O) groups is 2. The van der Waals surface area contributed by atoms with Gasteiger partial charge in [0.05, 0.1) is 18.5 Å². The summed E-state index contributed by atoms with van der Waals surface area (Å²) in [5.74, 6) is -1.57. The summed E-state index contributed by atoms with van der Waals surface area (Å²) in [6.07, 6.45) is 3.35. The minimum atomic E-state index is -0.929. The van der Waals surface area contributed by atoms with Crippen molar-refractivity contribution in [2.75, 3.05) is 14.2 Å². The van der Waals surface area contributed by atoms with E-state index in [4.69, 9.17) is 16.9 Å². The molecular weight excluding hydrogens is 238 g/mol. The van der Waals surface area contributed by atoms with Gasteiger partial charge in [0.25, 0.3) is 5.91 Å². The lowest BCUT2D eigenvalue weighted by atomic mass is 10.2. The molecule has 8 nitrogen and oxygen atoms in total. The Morgan fingerprint density at radius 1 is 1.44 bits per heavy atom. The highest BCUT2D eigenvalue weighted by atomic mass is 16.5. The first-order valence-electron chi connectivity index (χ1n) is 4.75. The van der Waals surface area contributed by atoms with Gasteiger partial charge in [-0.15, -0.1) is 0 Å². The fraction of sp³-hybridized carbons (Fsp3) is 0.200. The average Bonchev–Trinajstić information content (AvgIpc) is 2.35. The Morgan fingerprint density at radius 3 is 2.50 bits per heavy atom. The molecule has 1 amide bonds. The van der Waals surface area contributed by atoms with E-state index in [0.717, 1.165) is 19.4 Å². The van der Waals surface area contributed by atoms with Crippen LogP contribution in [0.25, 0.3) is 0 Å². The maximum Gasteiger partial charge on any atom is 0.358 e. The van der Waals surface area contributed by atoms with Crippen LogP contribution >= 0.6 is 0 Å². The van der Waals surface area contributed by atoms with Crippen LogP contribution in [-0.4, -0.2) is 38.0 Å². The zero-order valence-corrected chi connectivity index (χ0v) is 10.1. The van der Waals surface area contributed by atoms with Crippen LogP contribution in [0, 0.1) is 5.41 Å². The highest BCUT2D eigenvalue weighted by Crippen LogP contribution is 1.92. The maximum absolute atomic E-state index is 11.4. The van der Waals surface area contributed by atoms with Crippen LogP contribution in [0.4, 0.5) is 0 Å². The smallest absolute Gasteiger partial charge is 0.358 e. The number of esters is 1. The molecule has 8 heteroatoms. The SMILES string of the molecule is CN=CC(=CN)NC(=O)/C=C(/N)C(=N)C(=O)OC. The third kappa shape index (κ3) is 4.92. The molecular formula is C10H15N5O3. The summed E-state index contributed by atoms with van der Waals surface area (Å²) in [5.41, 5.74) is 9.95. The number of amides is 1. The van der Waals surface area contributed by atoms with E-state index in [1.807, 2.05) is 0 Å². The van der Waals surface area contributed by atoms with E-state index >= 15 is 0 Å². The third-order valence-electron chi connectivity index (χ3n) is 1.68. The average molecular weight is 253 g/mol. The van der Waals surface area contributed by atoms with E-state index in [9.17, 15) is 9.59 Å². The van der Waals surface area contributed by atoms with Crippen LogP contribution in [0.1, 0.15) is 0 Å². The number of allylic oxidation sites excluding steroid dienone is 1. The van der Waals surface area contributed by atoms with Crippen LogP contribution < -0.4 is 16.8 Å². The van der Waals surface area contributed by atoms with Crippen LogP contribution in [0.3, 0.4) is 0 Å². The van der Waals surface area contributed by atoms with Crippen molar-refractivity contribution >= 4 is 23.8 Å². The van der Waals surface area contributed by atoms with Crippen LogP contribution in [0.2, 0.25) is 0 Å². The molecule has 0 atom stereocenters. The molecule has 0 aliphatic rings.